The number of ketones is 1. The van der Waals surface area contributed by atoms with Crippen molar-refractivity contribution in [2.45, 2.75) is 6.10 Å². The van der Waals surface area contributed by atoms with E-state index in [0.29, 0.717) is 11.1 Å². The van der Waals surface area contributed by atoms with Gasteiger partial charge in [0.25, 0.3) is 0 Å². The minimum atomic E-state index is -1.08. The molecular weight excluding hydrogens is 360 g/mol. The number of aliphatic hydroxyl groups is 1. The minimum absolute atomic E-state index is 0.271. The quantitative estimate of drug-likeness (QED) is 0.436. The SMILES string of the molecule is O=C(c1ccccc1)C(O)c1ccccc1.c1ccsc1.c1ccsc1. The highest BCUT2D eigenvalue weighted by molar-refractivity contribution is 7.08. The van der Waals surface area contributed by atoms with Crippen molar-refractivity contribution in [3.8, 4) is 0 Å². The van der Waals surface area contributed by atoms with Crippen LogP contribution in [0.15, 0.2) is 106 Å². The third-order valence-electron chi connectivity index (χ3n) is 3.27. The van der Waals surface area contributed by atoms with E-state index in [2.05, 4.69) is 0 Å². The molecule has 0 radical (unpaired) electrons. The van der Waals surface area contributed by atoms with Crippen LogP contribution in [0, 0.1) is 0 Å². The second-order valence-electron chi connectivity index (χ2n) is 5.13. The summed E-state index contributed by atoms with van der Waals surface area (Å²) in [7, 11) is 0. The molecule has 4 rings (SSSR count). The van der Waals surface area contributed by atoms with E-state index >= 15 is 0 Å². The predicted octanol–water partition coefficient (Wildman–Crippen LogP) is 6.10. The molecule has 1 unspecified atom stereocenters. The van der Waals surface area contributed by atoms with Crippen molar-refractivity contribution in [3.63, 3.8) is 0 Å². The fourth-order valence-corrected chi connectivity index (χ4v) is 2.91. The normalized spacial score (nSPS) is 10.5. The lowest BCUT2D eigenvalue weighted by atomic mass is 10.0. The van der Waals surface area contributed by atoms with Crippen molar-refractivity contribution in [2.75, 3.05) is 0 Å². The molecule has 4 aromatic rings. The summed E-state index contributed by atoms with van der Waals surface area (Å²) in [6, 6.07) is 25.8. The van der Waals surface area contributed by atoms with Gasteiger partial charge in [0.15, 0.2) is 5.78 Å². The van der Waals surface area contributed by atoms with E-state index in [1.54, 1.807) is 71.2 Å². The first-order chi connectivity index (χ1) is 12.8. The molecule has 0 saturated heterocycles. The fraction of sp³-hybridized carbons (Fsp3) is 0.0455. The van der Waals surface area contributed by atoms with Crippen LogP contribution in [-0.4, -0.2) is 10.9 Å². The summed E-state index contributed by atoms with van der Waals surface area (Å²) < 4.78 is 0. The molecule has 0 bridgehead atoms. The van der Waals surface area contributed by atoms with Gasteiger partial charge < -0.3 is 5.11 Å². The Morgan fingerprint density at radius 1 is 0.654 bits per heavy atom. The van der Waals surface area contributed by atoms with Gasteiger partial charge in [-0.05, 0) is 27.1 Å². The molecule has 1 atom stereocenters. The molecule has 1 N–H and O–H groups in total. The first-order valence-electron chi connectivity index (χ1n) is 8.05. The Morgan fingerprint density at radius 2 is 1.08 bits per heavy atom. The molecule has 0 fully saturated rings. The lowest BCUT2D eigenvalue weighted by Crippen LogP contribution is -2.11. The number of benzene rings is 2. The summed E-state index contributed by atoms with van der Waals surface area (Å²) in [4.78, 5) is 11.9. The van der Waals surface area contributed by atoms with Gasteiger partial charge in [0, 0.05) is 5.56 Å². The molecular formula is C22H20O2S2. The maximum absolute atomic E-state index is 11.9. The Bertz CT molecular complexity index is 751. The number of rotatable bonds is 3. The highest BCUT2D eigenvalue weighted by atomic mass is 32.1. The van der Waals surface area contributed by atoms with Crippen LogP contribution in [0.4, 0.5) is 0 Å². The zero-order valence-corrected chi connectivity index (χ0v) is 15.8. The molecule has 26 heavy (non-hydrogen) atoms. The number of hydrogen-bond acceptors (Lipinski definition) is 4. The molecule has 2 heterocycles. The summed E-state index contributed by atoms with van der Waals surface area (Å²) in [5, 5.41) is 18.1. The maximum atomic E-state index is 11.9. The average Bonchev–Trinajstić information content (AvgIpc) is 3.47. The van der Waals surface area contributed by atoms with Crippen LogP contribution in [0.3, 0.4) is 0 Å². The third-order valence-corrected chi connectivity index (χ3v) is 4.53. The molecule has 0 aliphatic rings. The van der Waals surface area contributed by atoms with Crippen molar-refractivity contribution < 1.29 is 9.90 Å². The zero-order valence-electron chi connectivity index (χ0n) is 14.1. The molecule has 2 aromatic heterocycles. The van der Waals surface area contributed by atoms with Gasteiger partial charge in [-0.3, -0.25) is 4.79 Å². The van der Waals surface area contributed by atoms with Crippen molar-refractivity contribution in [3.05, 3.63) is 118 Å². The predicted molar refractivity (Wildman–Crippen MR) is 111 cm³/mol. The van der Waals surface area contributed by atoms with Crippen molar-refractivity contribution >= 4 is 28.5 Å². The van der Waals surface area contributed by atoms with Crippen molar-refractivity contribution in [1.29, 1.82) is 0 Å². The number of Topliss-reactive ketones (excluding diaryl/α,β-unsaturated/α-hetero) is 1. The van der Waals surface area contributed by atoms with E-state index in [9.17, 15) is 9.90 Å². The Hall–Kier alpha value is -2.53. The first-order valence-corrected chi connectivity index (χ1v) is 9.94. The molecule has 0 spiro atoms. The highest BCUT2D eigenvalue weighted by Gasteiger charge is 2.18. The van der Waals surface area contributed by atoms with Crippen LogP contribution in [0.1, 0.15) is 22.0 Å². The monoisotopic (exact) mass is 380 g/mol. The maximum Gasteiger partial charge on any atom is 0.195 e. The van der Waals surface area contributed by atoms with Gasteiger partial charge in [-0.2, -0.15) is 22.7 Å². The number of thiophene rings is 2. The van der Waals surface area contributed by atoms with E-state index in [4.69, 9.17) is 0 Å². The van der Waals surface area contributed by atoms with E-state index in [1.165, 1.54) is 0 Å². The summed E-state index contributed by atoms with van der Waals surface area (Å²) >= 11 is 3.43. The second kappa shape index (κ2) is 11.9. The third kappa shape index (κ3) is 7.15. The van der Waals surface area contributed by atoms with Crippen LogP contribution in [0.5, 0.6) is 0 Å². The standard InChI is InChI=1S/C14H12O2.2C4H4S/c15-13(11-7-3-1-4-8-11)14(16)12-9-5-2-6-10-12;2*1-2-4-5-3-1/h1-10,13,15H;2*1-4H. The highest BCUT2D eigenvalue weighted by Crippen LogP contribution is 2.17. The molecule has 132 valence electrons. The number of carbonyl (C=O) groups is 1. The van der Waals surface area contributed by atoms with E-state index in [0.717, 1.165) is 0 Å². The van der Waals surface area contributed by atoms with Gasteiger partial charge in [-0.25, -0.2) is 0 Å². The fourth-order valence-electron chi connectivity index (χ4n) is 2.00. The van der Waals surface area contributed by atoms with E-state index < -0.39 is 6.10 Å². The number of hydrogen-bond donors (Lipinski definition) is 1. The Labute approximate surface area is 162 Å². The Morgan fingerprint density at radius 3 is 1.46 bits per heavy atom. The first kappa shape index (κ1) is 19.8. The average molecular weight is 381 g/mol. The second-order valence-corrected chi connectivity index (χ2v) is 6.76. The summed E-state index contributed by atoms with van der Waals surface area (Å²) in [6.07, 6.45) is -1.08. The minimum Gasteiger partial charge on any atom is -0.380 e. The van der Waals surface area contributed by atoms with Gasteiger partial charge >= 0.3 is 0 Å². The molecule has 2 aromatic carbocycles. The largest absolute Gasteiger partial charge is 0.380 e. The lowest BCUT2D eigenvalue weighted by Gasteiger charge is -2.09. The zero-order chi connectivity index (χ0) is 18.5. The van der Waals surface area contributed by atoms with Crippen LogP contribution in [0.2, 0.25) is 0 Å². The van der Waals surface area contributed by atoms with Gasteiger partial charge in [-0.15, -0.1) is 0 Å². The van der Waals surface area contributed by atoms with Crippen molar-refractivity contribution in [2.24, 2.45) is 0 Å². The van der Waals surface area contributed by atoms with E-state index in [1.807, 2.05) is 57.9 Å². The molecule has 0 aliphatic carbocycles. The molecule has 2 nitrogen and oxygen atoms in total. The van der Waals surface area contributed by atoms with E-state index in [-0.39, 0.29) is 5.78 Å². The molecule has 0 amide bonds. The van der Waals surface area contributed by atoms with Gasteiger partial charge in [-0.1, -0.05) is 84.9 Å². The Kier molecular flexibility index (Phi) is 9.08. The topological polar surface area (TPSA) is 37.3 Å². The molecule has 0 aliphatic heterocycles. The summed E-state index contributed by atoms with van der Waals surface area (Å²) in [5.41, 5.74) is 1.15. The van der Waals surface area contributed by atoms with Crippen LogP contribution < -0.4 is 0 Å². The Balaban J connectivity index is 0.000000196. The van der Waals surface area contributed by atoms with Gasteiger partial charge in [0.05, 0.1) is 0 Å². The number of carbonyl (C=O) groups excluding carboxylic acids is 1. The smallest absolute Gasteiger partial charge is 0.195 e. The van der Waals surface area contributed by atoms with Crippen molar-refractivity contribution in [1.82, 2.24) is 0 Å². The number of aliphatic hydroxyl groups excluding tert-OH is 1. The van der Waals surface area contributed by atoms with Gasteiger partial charge in [0.1, 0.15) is 6.10 Å². The van der Waals surface area contributed by atoms with Crippen LogP contribution >= 0.6 is 22.7 Å². The van der Waals surface area contributed by atoms with Crippen LogP contribution in [-0.2, 0) is 0 Å². The molecule has 0 saturated carbocycles. The molecule has 4 heteroatoms. The van der Waals surface area contributed by atoms with Crippen LogP contribution in [0.25, 0.3) is 0 Å². The summed E-state index contributed by atoms with van der Waals surface area (Å²) in [6.45, 7) is 0. The van der Waals surface area contributed by atoms with Gasteiger partial charge in [0.2, 0.25) is 0 Å². The summed E-state index contributed by atoms with van der Waals surface area (Å²) in [5.74, 6) is -0.271. The lowest BCUT2D eigenvalue weighted by molar-refractivity contribution is 0.0747.